The fraction of sp³-hybridized carbons (Fsp3) is 0. The molecule has 0 unspecified atom stereocenters. The van der Waals surface area contributed by atoms with E-state index in [0.29, 0.717) is 0 Å². The summed E-state index contributed by atoms with van der Waals surface area (Å²) in [5, 5.41) is 22.2. The van der Waals surface area contributed by atoms with Gasteiger partial charge < -0.3 is 10.4 Å². The number of hydrogen-bond donors (Lipinski definition) is 2. The molecule has 0 spiro atoms. The van der Waals surface area contributed by atoms with Crippen LogP contribution in [0.1, 0.15) is 11.1 Å². The second-order valence-corrected chi connectivity index (χ2v) is 2.16. The normalized spacial score (nSPS) is 11.3. The molecule has 0 fully saturated rings. The standard InChI is InChI=1S/C8H8N2O2/c11-9-5-7-2-1-3-8(4-7)6-10-12/h1-6,11-12H/b9-5-,10-6-. The van der Waals surface area contributed by atoms with Gasteiger partial charge in [-0.05, 0) is 17.2 Å². The lowest BCUT2D eigenvalue weighted by atomic mass is 10.1. The number of benzene rings is 1. The van der Waals surface area contributed by atoms with Crippen molar-refractivity contribution in [2.75, 3.05) is 0 Å². The van der Waals surface area contributed by atoms with Gasteiger partial charge in [0.1, 0.15) is 0 Å². The van der Waals surface area contributed by atoms with Gasteiger partial charge in [0, 0.05) is 0 Å². The fourth-order valence-corrected chi connectivity index (χ4v) is 0.853. The molecule has 0 saturated carbocycles. The Bertz CT molecular complexity index is 280. The fourth-order valence-electron chi connectivity index (χ4n) is 0.853. The van der Waals surface area contributed by atoms with Crippen molar-refractivity contribution >= 4 is 12.4 Å². The Balaban J connectivity index is 2.95. The lowest BCUT2D eigenvalue weighted by Crippen LogP contribution is -1.85. The first-order valence-corrected chi connectivity index (χ1v) is 3.32. The molecule has 0 aliphatic carbocycles. The summed E-state index contributed by atoms with van der Waals surface area (Å²) in [5.41, 5.74) is 1.49. The van der Waals surface area contributed by atoms with Crippen LogP contribution in [0.25, 0.3) is 0 Å². The number of nitrogens with zero attached hydrogens (tertiary/aromatic N) is 2. The Morgan fingerprint density at radius 1 is 1.00 bits per heavy atom. The molecule has 1 aromatic rings. The number of rotatable bonds is 2. The maximum Gasteiger partial charge on any atom is 0.0734 e. The summed E-state index contributed by atoms with van der Waals surface area (Å²) in [6.45, 7) is 0. The largest absolute Gasteiger partial charge is 0.411 e. The van der Waals surface area contributed by atoms with Crippen LogP contribution in [0.15, 0.2) is 34.6 Å². The van der Waals surface area contributed by atoms with Crippen molar-refractivity contribution in [2.45, 2.75) is 0 Å². The molecule has 0 aromatic heterocycles. The Hall–Kier alpha value is -1.84. The summed E-state index contributed by atoms with van der Waals surface area (Å²) >= 11 is 0. The van der Waals surface area contributed by atoms with Gasteiger partial charge in [0.25, 0.3) is 0 Å². The molecule has 0 heterocycles. The van der Waals surface area contributed by atoms with Gasteiger partial charge in [-0.2, -0.15) is 0 Å². The Labute approximate surface area is 69.4 Å². The zero-order valence-corrected chi connectivity index (χ0v) is 6.25. The molecule has 12 heavy (non-hydrogen) atoms. The lowest BCUT2D eigenvalue weighted by molar-refractivity contribution is 0.322. The minimum atomic E-state index is 0.745. The average molecular weight is 164 g/mol. The van der Waals surface area contributed by atoms with Crippen molar-refractivity contribution in [3.05, 3.63) is 35.4 Å². The first-order chi connectivity index (χ1) is 5.86. The van der Waals surface area contributed by atoms with Crippen molar-refractivity contribution in [3.8, 4) is 0 Å². The van der Waals surface area contributed by atoms with Gasteiger partial charge in [-0.3, -0.25) is 0 Å². The van der Waals surface area contributed by atoms with E-state index in [0.717, 1.165) is 11.1 Å². The van der Waals surface area contributed by atoms with Crippen molar-refractivity contribution in [1.29, 1.82) is 0 Å². The van der Waals surface area contributed by atoms with Crippen LogP contribution in [-0.2, 0) is 0 Å². The van der Waals surface area contributed by atoms with Crippen LogP contribution in [0.2, 0.25) is 0 Å². The van der Waals surface area contributed by atoms with Gasteiger partial charge in [0.15, 0.2) is 0 Å². The second-order valence-electron chi connectivity index (χ2n) is 2.16. The first-order valence-electron chi connectivity index (χ1n) is 3.32. The lowest BCUT2D eigenvalue weighted by Gasteiger charge is -1.92. The van der Waals surface area contributed by atoms with Crippen molar-refractivity contribution in [3.63, 3.8) is 0 Å². The molecule has 2 N–H and O–H groups in total. The Morgan fingerprint density at radius 3 is 1.92 bits per heavy atom. The van der Waals surface area contributed by atoms with E-state index in [1.54, 1.807) is 24.3 Å². The predicted molar refractivity (Wildman–Crippen MR) is 45.2 cm³/mol. The van der Waals surface area contributed by atoms with Gasteiger partial charge in [-0.25, -0.2) is 0 Å². The topological polar surface area (TPSA) is 65.2 Å². The molecule has 0 amide bonds. The molecular formula is C8H8N2O2. The highest BCUT2D eigenvalue weighted by Crippen LogP contribution is 2.00. The molecule has 1 aromatic carbocycles. The first kappa shape index (κ1) is 8.26. The highest BCUT2D eigenvalue weighted by Gasteiger charge is 1.89. The molecule has 0 aliphatic heterocycles. The quantitative estimate of drug-likeness (QED) is 0.393. The molecule has 4 heteroatoms. The summed E-state index contributed by atoms with van der Waals surface area (Å²) in [4.78, 5) is 0. The zero-order valence-electron chi connectivity index (χ0n) is 6.25. The third-order valence-corrected chi connectivity index (χ3v) is 1.32. The molecular weight excluding hydrogens is 156 g/mol. The molecule has 4 nitrogen and oxygen atoms in total. The van der Waals surface area contributed by atoms with Crippen LogP contribution in [0.3, 0.4) is 0 Å². The van der Waals surface area contributed by atoms with Gasteiger partial charge in [-0.15, -0.1) is 0 Å². The zero-order chi connectivity index (χ0) is 8.81. The molecule has 0 bridgehead atoms. The van der Waals surface area contributed by atoms with Gasteiger partial charge in [0.2, 0.25) is 0 Å². The Morgan fingerprint density at radius 2 is 1.50 bits per heavy atom. The van der Waals surface area contributed by atoms with Crippen LogP contribution in [0, 0.1) is 0 Å². The molecule has 1 rings (SSSR count). The SMILES string of the molecule is O/N=C\c1cccc(/C=N\O)c1. The second kappa shape index (κ2) is 4.12. The van der Waals surface area contributed by atoms with Crippen LogP contribution >= 0.6 is 0 Å². The van der Waals surface area contributed by atoms with E-state index in [2.05, 4.69) is 10.3 Å². The maximum atomic E-state index is 8.23. The van der Waals surface area contributed by atoms with E-state index >= 15 is 0 Å². The number of hydrogen-bond acceptors (Lipinski definition) is 4. The van der Waals surface area contributed by atoms with E-state index in [-0.39, 0.29) is 0 Å². The molecule has 62 valence electrons. The summed E-state index contributed by atoms with van der Waals surface area (Å²) in [6.07, 6.45) is 2.60. The third-order valence-electron chi connectivity index (χ3n) is 1.32. The van der Waals surface area contributed by atoms with Gasteiger partial charge in [0.05, 0.1) is 12.4 Å². The minimum absolute atomic E-state index is 0.745. The summed E-state index contributed by atoms with van der Waals surface area (Å²) < 4.78 is 0. The van der Waals surface area contributed by atoms with E-state index in [4.69, 9.17) is 10.4 Å². The van der Waals surface area contributed by atoms with E-state index in [1.807, 2.05) is 0 Å². The summed E-state index contributed by atoms with van der Waals surface area (Å²) in [7, 11) is 0. The van der Waals surface area contributed by atoms with Crippen LogP contribution < -0.4 is 0 Å². The van der Waals surface area contributed by atoms with Crippen molar-refractivity contribution < 1.29 is 10.4 Å². The van der Waals surface area contributed by atoms with Gasteiger partial charge >= 0.3 is 0 Å². The van der Waals surface area contributed by atoms with Crippen LogP contribution in [-0.4, -0.2) is 22.8 Å². The van der Waals surface area contributed by atoms with Crippen LogP contribution in [0.4, 0.5) is 0 Å². The molecule has 0 saturated heterocycles. The van der Waals surface area contributed by atoms with Crippen molar-refractivity contribution in [1.82, 2.24) is 0 Å². The van der Waals surface area contributed by atoms with Gasteiger partial charge in [-0.1, -0.05) is 28.5 Å². The van der Waals surface area contributed by atoms with E-state index < -0.39 is 0 Å². The van der Waals surface area contributed by atoms with E-state index in [1.165, 1.54) is 12.4 Å². The van der Waals surface area contributed by atoms with Crippen molar-refractivity contribution in [2.24, 2.45) is 10.3 Å². The minimum Gasteiger partial charge on any atom is -0.411 e. The highest BCUT2D eigenvalue weighted by atomic mass is 16.4. The summed E-state index contributed by atoms with van der Waals surface area (Å²) in [5.74, 6) is 0. The predicted octanol–water partition coefficient (Wildman–Crippen LogP) is 1.30. The van der Waals surface area contributed by atoms with E-state index in [9.17, 15) is 0 Å². The third kappa shape index (κ3) is 2.09. The molecule has 0 radical (unpaired) electrons. The Kier molecular flexibility index (Phi) is 2.84. The number of oxime groups is 2. The average Bonchev–Trinajstić information content (AvgIpc) is 2.06. The van der Waals surface area contributed by atoms with Crippen LogP contribution in [0.5, 0.6) is 0 Å². The molecule has 0 atom stereocenters. The highest BCUT2D eigenvalue weighted by molar-refractivity contribution is 5.85. The smallest absolute Gasteiger partial charge is 0.0734 e. The summed E-state index contributed by atoms with van der Waals surface area (Å²) in [6, 6.07) is 7.04. The maximum absolute atomic E-state index is 8.23. The molecule has 0 aliphatic rings. The monoisotopic (exact) mass is 164 g/mol.